The van der Waals surface area contributed by atoms with Gasteiger partial charge in [0.25, 0.3) is 5.91 Å². The molecule has 0 spiro atoms. The van der Waals surface area contributed by atoms with Gasteiger partial charge in [-0.05, 0) is 42.8 Å². The molecule has 0 bridgehead atoms. The van der Waals surface area contributed by atoms with Crippen LogP contribution in [0.5, 0.6) is 5.75 Å². The molecule has 1 amide bonds. The lowest BCUT2D eigenvalue weighted by molar-refractivity contribution is -0.123. The van der Waals surface area contributed by atoms with E-state index >= 15 is 0 Å². The number of ether oxygens (including phenoxy) is 1. The van der Waals surface area contributed by atoms with Crippen molar-refractivity contribution >= 4 is 43.3 Å². The van der Waals surface area contributed by atoms with E-state index in [2.05, 4.69) is 21.2 Å². The largest absolute Gasteiger partial charge is 0.482 e. The molecule has 2 aromatic carbocycles. The van der Waals surface area contributed by atoms with E-state index in [0.29, 0.717) is 10.8 Å². The van der Waals surface area contributed by atoms with Gasteiger partial charge in [0.05, 0.1) is 16.0 Å². The minimum Gasteiger partial charge on any atom is -0.482 e. The lowest BCUT2D eigenvalue weighted by atomic mass is 10.1. The number of benzene rings is 2. The number of nitrogens with one attached hydrogen (secondary N) is 1. The van der Waals surface area contributed by atoms with Crippen molar-refractivity contribution in [1.82, 2.24) is 5.32 Å². The molecule has 0 radical (unpaired) electrons. The average molecular weight is 447 g/mol. The highest BCUT2D eigenvalue weighted by Crippen LogP contribution is 2.27. The molecule has 0 fully saturated rings. The Morgan fingerprint density at radius 1 is 1.24 bits per heavy atom. The Balaban J connectivity index is 1.93. The lowest BCUT2D eigenvalue weighted by Gasteiger charge is -2.15. The molecule has 25 heavy (non-hydrogen) atoms. The van der Waals surface area contributed by atoms with E-state index in [1.54, 1.807) is 37.3 Å². The number of rotatable bonds is 6. The number of sulfone groups is 1. The van der Waals surface area contributed by atoms with Crippen molar-refractivity contribution in [3.8, 4) is 5.75 Å². The second-order valence-electron chi connectivity index (χ2n) is 5.49. The molecule has 1 N–H and O–H groups in total. The molecule has 0 aliphatic carbocycles. The molecule has 1 unspecified atom stereocenters. The standard InChI is InChI=1S/C17H17BrClNO4S/c1-11(12-3-6-14(7-4-12)25(2,22)23)20-17(21)10-24-16-8-5-13(18)9-15(16)19/h3-9,11H,10H2,1-2H3,(H,20,21). The molecule has 134 valence electrons. The maximum Gasteiger partial charge on any atom is 0.258 e. The third-order valence-corrected chi connectivity index (χ3v) is 5.36. The molecule has 0 aliphatic heterocycles. The molecule has 0 aromatic heterocycles. The first kappa shape index (κ1) is 19.8. The maximum atomic E-state index is 12.0. The van der Waals surface area contributed by atoms with Crippen molar-refractivity contribution in [3.05, 3.63) is 57.5 Å². The Kier molecular flexibility index (Phi) is 6.48. The number of halogens is 2. The molecule has 0 saturated carbocycles. The zero-order chi connectivity index (χ0) is 18.6. The second kappa shape index (κ2) is 8.21. The van der Waals surface area contributed by atoms with Crippen molar-refractivity contribution < 1.29 is 17.9 Å². The van der Waals surface area contributed by atoms with Crippen LogP contribution in [0, 0.1) is 0 Å². The van der Waals surface area contributed by atoms with Gasteiger partial charge in [-0.25, -0.2) is 8.42 Å². The highest BCUT2D eigenvalue weighted by molar-refractivity contribution is 9.10. The van der Waals surface area contributed by atoms with Gasteiger partial charge in [0.2, 0.25) is 0 Å². The summed E-state index contributed by atoms with van der Waals surface area (Å²) in [6.07, 6.45) is 1.15. The quantitative estimate of drug-likeness (QED) is 0.733. The van der Waals surface area contributed by atoms with E-state index in [4.69, 9.17) is 16.3 Å². The highest BCUT2D eigenvalue weighted by atomic mass is 79.9. The van der Waals surface area contributed by atoms with Gasteiger partial charge in [-0.2, -0.15) is 0 Å². The second-order valence-corrected chi connectivity index (χ2v) is 8.83. The van der Waals surface area contributed by atoms with Crippen molar-refractivity contribution in [2.45, 2.75) is 17.9 Å². The Bertz CT molecular complexity index is 869. The summed E-state index contributed by atoms with van der Waals surface area (Å²) in [7, 11) is -3.24. The van der Waals surface area contributed by atoms with Gasteiger partial charge < -0.3 is 10.1 Å². The van der Waals surface area contributed by atoms with E-state index in [0.717, 1.165) is 16.3 Å². The third-order valence-electron chi connectivity index (χ3n) is 3.44. The fourth-order valence-electron chi connectivity index (χ4n) is 2.11. The van der Waals surface area contributed by atoms with Crippen LogP contribution in [0.25, 0.3) is 0 Å². The van der Waals surface area contributed by atoms with Crippen LogP contribution in [-0.2, 0) is 14.6 Å². The predicted molar refractivity (Wildman–Crippen MR) is 101 cm³/mol. The Morgan fingerprint density at radius 3 is 2.44 bits per heavy atom. The van der Waals surface area contributed by atoms with Crippen LogP contribution in [0.1, 0.15) is 18.5 Å². The van der Waals surface area contributed by atoms with Crippen molar-refractivity contribution in [2.24, 2.45) is 0 Å². The SMILES string of the molecule is CC(NC(=O)COc1ccc(Br)cc1Cl)c1ccc(S(C)(=O)=O)cc1. The van der Waals surface area contributed by atoms with Gasteiger partial charge >= 0.3 is 0 Å². The molecule has 0 heterocycles. The molecule has 2 rings (SSSR count). The van der Waals surface area contributed by atoms with Crippen LogP contribution in [0.3, 0.4) is 0 Å². The zero-order valence-electron chi connectivity index (χ0n) is 13.6. The monoisotopic (exact) mass is 445 g/mol. The van der Waals surface area contributed by atoms with E-state index in [1.807, 2.05) is 0 Å². The zero-order valence-corrected chi connectivity index (χ0v) is 16.8. The maximum absolute atomic E-state index is 12.0. The van der Waals surface area contributed by atoms with E-state index in [-0.39, 0.29) is 23.5 Å². The summed E-state index contributed by atoms with van der Waals surface area (Å²) in [6, 6.07) is 11.2. The van der Waals surface area contributed by atoms with Crippen LogP contribution >= 0.6 is 27.5 Å². The number of carbonyl (C=O) groups excluding carboxylic acids is 1. The smallest absolute Gasteiger partial charge is 0.258 e. The average Bonchev–Trinajstić information content (AvgIpc) is 2.53. The summed E-state index contributed by atoms with van der Waals surface area (Å²) >= 11 is 9.33. The Hall–Kier alpha value is -1.57. The Labute approximate surface area is 160 Å². The summed E-state index contributed by atoms with van der Waals surface area (Å²) in [5.74, 6) is 0.115. The summed E-state index contributed by atoms with van der Waals surface area (Å²) in [4.78, 5) is 12.3. The predicted octanol–water partition coefficient (Wildman–Crippen LogP) is 3.76. The van der Waals surface area contributed by atoms with Crippen LogP contribution in [-0.4, -0.2) is 27.2 Å². The molecular weight excluding hydrogens is 430 g/mol. The van der Waals surface area contributed by atoms with Gasteiger partial charge in [-0.15, -0.1) is 0 Å². The third kappa shape index (κ3) is 5.73. The normalized spacial score (nSPS) is 12.5. The van der Waals surface area contributed by atoms with Crippen molar-refractivity contribution in [1.29, 1.82) is 0 Å². The topological polar surface area (TPSA) is 72.5 Å². The highest BCUT2D eigenvalue weighted by Gasteiger charge is 2.13. The first-order valence-corrected chi connectivity index (χ1v) is 10.4. The summed E-state index contributed by atoms with van der Waals surface area (Å²) in [6.45, 7) is 1.63. The summed E-state index contributed by atoms with van der Waals surface area (Å²) in [5.41, 5.74) is 0.794. The van der Waals surface area contributed by atoms with Gasteiger partial charge in [0.15, 0.2) is 16.4 Å². The minimum absolute atomic E-state index is 0.173. The first-order chi connectivity index (χ1) is 11.7. The molecule has 0 aliphatic rings. The summed E-state index contributed by atoms with van der Waals surface area (Å²) in [5, 5.41) is 3.20. The van der Waals surface area contributed by atoms with Crippen LogP contribution in [0.2, 0.25) is 5.02 Å². The van der Waals surface area contributed by atoms with Crippen molar-refractivity contribution in [2.75, 3.05) is 12.9 Å². The molecule has 1 atom stereocenters. The fraction of sp³-hybridized carbons (Fsp3) is 0.235. The van der Waals surface area contributed by atoms with Crippen LogP contribution < -0.4 is 10.1 Å². The molecule has 5 nitrogen and oxygen atoms in total. The minimum atomic E-state index is -3.24. The van der Waals surface area contributed by atoms with Gasteiger partial charge in [-0.1, -0.05) is 39.7 Å². The van der Waals surface area contributed by atoms with Crippen molar-refractivity contribution in [3.63, 3.8) is 0 Å². The van der Waals surface area contributed by atoms with Crippen LogP contribution in [0.15, 0.2) is 51.8 Å². The fourth-order valence-corrected chi connectivity index (χ4v) is 3.46. The summed E-state index contributed by atoms with van der Waals surface area (Å²) < 4.78 is 29.2. The van der Waals surface area contributed by atoms with E-state index in [9.17, 15) is 13.2 Å². The number of hydrogen-bond acceptors (Lipinski definition) is 4. The molecular formula is C17H17BrClNO4S. The molecule has 2 aromatic rings. The molecule has 8 heteroatoms. The van der Waals surface area contributed by atoms with Gasteiger partial charge in [0.1, 0.15) is 5.75 Å². The van der Waals surface area contributed by atoms with Gasteiger partial charge in [0, 0.05) is 10.7 Å². The van der Waals surface area contributed by atoms with E-state index < -0.39 is 9.84 Å². The number of hydrogen-bond donors (Lipinski definition) is 1. The number of carbonyl (C=O) groups is 1. The molecule has 0 saturated heterocycles. The Morgan fingerprint density at radius 2 is 1.88 bits per heavy atom. The van der Waals surface area contributed by atoms with Gasteiger partial charge in [-0.3, -0.25) is 4.79 Å². The van der Waals surface area contributed by atoms with E-state index in [1.165, 1.54) is 12.1 Å². The van der Waals surface area contributed by atoms with Crippen LogP contribution in [0.4, 0.5) is 0 Å². The lowest BCUT2D eigenvalue weighted by Crippen LogP contribution is -2.31. The number of amides is 1. The first-order valence-electron chi connectivity index (χ1n) is 7.34.